The van der Waals surface area contributed by atoms with Crippen LogP contribution in [0.2, 0.25) is 0 Å². The Morgan fingerprint density at radius 3 is 2.84 bits per heavy atom. The second kappa shape index (κ2) is 5.23. The molecule has 1 unspecified atom stereocenters. The number of nitrogens with one attached hydrogen (secondary N) is 1. The number of aryl methyl sites for hydroxylation is 1. The van der Waals surface area contributed by atoms with Gasteiger partial charge in [0, 0.05) is 44.5 Å². The summed E-state index contributed by atoms with van der Waals surface area (Å²) in [6.45, 7) is 1.33. The third kappa shape index (κ3) is 2.65. The van der Waals surface area contributed by atoms with Gasteiger partial charge < -0.3 is 20.5 Å². The molecule has 1 aromatic heterocycles. The van der Waals surface area contributed by atoms with Gasteiger partial charge in [-0.15, -0.1) is 0 Å². The van der Waals surface area contributed by atoms with Crippen LogP contribution in [-0.2, 0) is 11.8 Å². The Balaban J connectivity index is 2.28. The van der Waals surface area contributed by atoms with E-state index in [1.165, 1.54) is 21.7 Å². The Morgan fingerprint density at radius 1 is 1.47 bits per heavy atom. The van der Waals surface area contributed by atoms with Crippen LogP contribution in [0.15, 0.2) is 23.1 Å². The van der Waals surface area contributed by atoms with Crippen molar-refractivity contribution in [2.45, 2.75) is 6.04 Å². The van der Waals surface area contributed by atoms with Crippen molar-refractivity contribution in [1.29, 1.82) is 0 Å². The van der Waals surface area contributed by atoms with Gasteiger partial charge in [0.2, 0.25) is 5.91 Å². The maximum absolute atomic E-state index is 12.3. The molecule has 1 fully saturated rings. The van der Waals surface area contributed by atoms with Crippen molar-refractivity contribution >= 4 is 11.8 Å². The van der Waals surface area contributed by atoms with E-state index in [0.29, 0.717) is 19.6 Å². The molecule has 102 valence electrons. The second-order valence-electron chi connectivity index (χ2n) is 4.49. The van der Waals surface area contributed by atoms with Crippen LogP contribution < -0.4 is 16.6 Å². The minimum absolute atomic E-state index is 0.267. The molecule has 0 bridgehead atoms. The van der Waals surface area contributed by atoms with Crippen LogP contribution in [0.25, 0.3) is 0 Å². The molecule has 2 heterocycles. The molecule has 1 atom stereocenters. The molecule has 19 heavy (non-hydrogen) atoms. The number of amides is 2. The van der Waals surface area contributed by atoms with E-state index in [-0.39, 0.29) is 17.0 Å². The average Bonchev–Trinajstić information content (AvgIpc) is 2.41. The maximum atomic E-state index is 12.3. The minimum Gasteiger partial charge on any atom is -0.368 e. The van der Waals surface area contributed by atoms with Crippen LogP contribution in [0.4, 0.5) is 0 Å². The van der Waals surface area contributed by atoms with Gasteiger partial charge in [0.25, 0.3) is 11.5 Å². The highest BCUT2D eigenvalue weighted by Crippen LogP contribution is 2.09. The predicted octanol–water partition coefficient (Wildman–Crippen LogP) is -1.72. The summed E-state index contributed by atoms with van der Waals surface area (Å²) in [4.78, 5) is 36.6. The number of rotatable bonds is 2. The van der Waals surface area contributed by atoms with Crippen LogP contribution in [0.1, 0.15) is 10.4 Å². The van der Waals surface area contributed by atoms with E-state index in [2.05, 4.69) is 5.32 Å². The minimum atomic E-state index is -0.676. The highest BCUT2D eigenvalue weighted by Gasteiger charge is 2.31. The molecule has 1 aromatic rings. The number of piperazine rings is 1. The normalized spacial score (nSPS) is 19.2. The van der Waals surface area contributed by atoms with Crippen molar-refractivity contribution in [2.24, 2.45) is 12.8 Å². The molecule has 7 heteroatoms. The molecule has 0 aromatic carbocycles. The first-order valence-electron chi connectivity index (χ1n) is 5.98. The fourth-order valence-electron chi connectivity index (χ4n) is 2.05. The lowest BCUT2D eigenvalue weighted by atomic mass is 10.1. The van der Waals surface area contributed by atoms with E-state index in [4.69, 9.17) is 5.73 Å². The van der Waals surface area contributed by atoms with Crippen LogP contribution in [0.3, 0.4) is 0 Å². The van der Waals surface area contributed by atoms with Crippen LogP contribution in [0.5, 0.6) is 0 Å². The summed E-state index contributed by atoms with van der Waals surface area (Å²) in [5.41, 5.74) is 5.30. The van der Waals surface area contributed by atoms with Crippen molar-refractivity contribution in [3.8, 4) is 0 Å². The lowest BCUT2D eigenvalue weighted by Gasteiger charge is -2.34. The molecule has 2 rings (SSSR count). The Labute approximate surface area is 110 Å². The summed E-state index contributed by atoms with van der Waals surface area (Å²) in [5, 5.41) is 3.01. The monoisotopic (exact) mass is 264 g/mol. The van der Waals surface area contributed by atoms with Gasteiger partial charge in [-0.05, 0) is 6.07 Å². The molecule has 1 saturated heterocycles. The third-order valence-corrected chi connectivity index (χ3v) is 3.18. The van der Waals surface area contributed by atoms with Gasteiger partial charge in [0.1, 0.15) is 6.04 Å². The zero-order chi connectivity index (χ0) is 14.0. The number of primary amides is 1. The SMILES string of the molecule is Cn1ccc(C(=O)N2CCNCC2C(N)=O)cc1=O. The van der Waals surface area contributed by atoms with Gasteiger partial charge in [-0.25, -0.2) is 0 Å². The van der Waals surface area contributed by atoms with E-state index in [1.54, 1.807) is 13.1 Å². The van der Waals surface area contributed by atoms with Gasteiger partial charge in [-0.3, -0.25) is 14.4 Å². The molecule has 1 aliphatic rings. The number of nitrogens with two attached hydrogens (primary N) is 1. The van der Waals surface area contributed by atoms with Gasteiger partial charge >= 0.3 is 0 Å². The molecule has 0 radical (unpaired) electrons. The van der Waals surface area contributed by atoms with Crippen molar-refractivity contribution in [1.82, 2.24) is 14.8 Å². The molecular weight excluding hydrogens is 248 g/mol. The number of carbonyl (C=O) groups is 2. The Bertz CT molecular complexity index is 566. The summed E-state index contributed by atoms with van der Waals surface area (Å²) in [5.74, 6) is -0.896. The fourth-order valence-corrected chi connectivity index (χ4v) is 2.05. The number of pyridine rings is 1. The number of carbonyl (C=O) groups excluding carboxylic acids is 2. The first-order valence-corrected chi connectivity index (χ1v) is 5.98. The smallest absolute Gasteiger partial charge is 0.254 e. The quantitative estimate of drug-likeness (QED) is 0.664. The molecule has 7 nitrogen and oxygen atoms in total. The lowest BCUT2D eigenvalue weighted by Crippen LogP contribution is -2.58. The summed E-state index contributed by atoms with van der Waals surface area (Å²) in [6.07, 6.45) is 1.52. The van der Waals surface area contributed by atoms with E-state index < -0.39 is 11.9 Å². The largest absolute Gasteiger partial charge is 0.368 e. The van der Waals surface area contributed by atoms with Crippen molar-refractivity contribution in [3.05, 3.63) is 34.2 Å². The number of hydrogen-bond donors (Lipinski definition) is 2. The van der Waals surface area contributed by atoms with E-state index in [1.807, 2.05) is 0 Å². The average molecular weight is 264 g/mol. The molecule has 0 spiro atoms. The maximum Gasteiger partial charge on any atom is 0.254 e. The Kier molecular flexibility index (Phi) is 3.66. The van der Waals surface area contributed by atoms with E-state index in [0.717, 1.165) is 0 Å². The van der Waals surface area contributed by atoms with Gasteiger partial charge in [0.15, 0.2) is 0 Å². The number of nitrogens with zero attached hydrogens (tertiary/aromatic N) is 2. The first-order chi connectivity index (χ1) is 9.00. The second-order valence-corrected chi connectivity index (χ2v) is 4.49. The zero-order valence-corrected chi connectivity index (χ0v) is 10.6. The molecule has 2 amide bonds. The van der Waals surface area contributed by atoms with Gasteiger partial charge in [-0.1, -0.05) is 0 Å². The Hall–Kier alpha value is -2.15. The standard InChI is InChI=1S/C12H16N4O3/c1-15-4-2-8(6-10(15)17)12(19)16-5-3-14-7-9(16)11(13)18/h2,4,6,9,14H,3,5,7H2,1H3,(H2,13,18). The molecule has 3 N–H and O–H groups in total. The zero-order valence-electron chi connectivity index (χ0n) is 10.6. The van der Waals surface area contributed by atoms with Crippen LogP contribution in [-0.4, -0.2) is 47.0 Å². The number of hydrogen-bond acceptors (Lipinski definition) is 4. The molecule has 0 saturated carbocycles. The number of aromatic nitrogens is 1. The topological polar surface area (TPSA) is 97.4 Å². The van der Waals surface area contributed by atoms with E-state index in [9.17, 15) is 14.4 Å². The summed E-state index contributed by atoms with van der Waals surface area (Å²) in [7, 11) is 1.60. The summed E-state index contributed by atoms with van der Waals surface area (Å²) >= 11 is 0. The van der Waals surface area contributed by atoms with Crippen molar-refractivity contribution < 1.29 is 9.59 Å². The molecule has 0 aliphatic carbocycles. The van der Waals surface area contributed by atoms with Crippen molar-refractivity contribution in [2.75, 3.05) is 19.6 Å². The highest BCUT2D eigenvalue weighted by molar-refractivity contribution is 5.97. The van der Waals surface area contributed by atoms with E-state index >= 15 is 0 Å². The lowest BCUT2D eigenvalue weighted by molar-refractivity contribution is -0.122. The molecule has 1 aliphatic heterocycles. The molecular formula is C12H16N4O3. The highest BCUT2D eigenvalue weighted by atomic mass is 16.2. The fraction of sp³-hybridized carbons (Fsp3) is 0.417. The van der Waals surface area contributed by atoms with Gasteiger partial charge in [-0.2, -0.15) is 0 Å². The summed E-state index contributed by atoms with van der Waals surface area (Å²) in [6, 6.07) is 2.15. The predicted molar refractivity (Wildman–Crippen MR) is 68.6 cm³/mol. The summed E-state index contributed by atoms with van der Waals surface area (Å²) < 4.78 is 1.38. The van der Waals surface area contributed by atoms with Gasteiger partial charge in [0.05, 0.1) is 0 Å². The van der Waals surface area contributed by atoms with Crippen molar-refractivity contribution in [3.63, 3.8) is 0 Å². The first kappa shape index (κ1) is 13.3. The van der Waals surface area contributed by atoms with Crippen LogP contribution in [0, 0.1) is 0 Å². The third-order valence-electron chi connectivity index (χ3n) is 3.18. The van der Waals surface area contributed by atoms with Crippen LogP contribution >= 0.6 is 0 Å². The Morgan fingerprint density at radius 2 is 2.21 bits per heavy atom.